The third-order valence-electron chi connectivity index (χ3n) is 4.59. The van der Waals surface area contributed by atoms with E-state index in [9.17, 15) is 14.0 Å². The van der Waals surface area contributed by atoms with E-state index in [0.717, 1.165) is 19.3 Å². The van der Waals surface area contributed by atoms with E-state index in [1.54, 1.807) is 18.2 Å². The van der Waals surface area contributed by atoms with Crippen molar-refractivity contribution in [2.24, 2.45) is 0 Å². The predicted octanol–water partition coefficient (Wildman–Crippen LogP) is 3.10. The van der Waals surface area contributed by atoms with Gasteiger partial charge in [0.15, 0.2) is 6.61 Å². The Balaban J connectivity index is 2.08. The standard InChI is InChI=1S/C18H24FNO3/c1-3-13(2)20-16(21)12-23-17(22)18(10-6-7-11-18)14-8-4-5-9-15(14)19/h4-5,8-9,13H,3,6-7,10-12H2,1-2H3,(H,20,21)/t13-/m0/s1. The van der Waals surface area contributed by atoms with E-state index in [-0.39, 0.29) is 18.6 Å². The van der Waals surface area contributed by atoms with Gasteiger partial charge in [0.1, 0.15) is 5.82 Å². The molecular formula is C18H24FNO3. The van der Waals surface area contributed by atoms with Gasteiger partial charge in [-0.05, 0) is 32.3 Å². The SMILES string of the molecule is CC[C@H](C)NC(=O)COC(=O)C1(c2ccccc2F)CCCC1. The summed E-state index contributed by atoms with van der Waals surface area (Å²) in [5.74, 6) is -1.22. The Labute approximate surface area is 136 Å². The van der Waals surface area contributed by atoms with E-state index in [1.807, 2.05) is 13.8 Å². The molecule has 0 unspecified atom stereocenters. The number of rotatable bonds is 6. The smallest absolute Gasteiger partial charge is 0.317 e. The molecular weight excluding hydrogens is 297 g/mol. The molecule has 0 saturated heterocycles. The Hall–Kier alpha value is -1.91. The van der Waals surface area contributed by atoms with Crippen LogP contribution in [0.3, 0.4) is 0 Å². The van der Waals surface area contributed by atoms with Gasteiger partial charge in [-0.2, -0.15) is 0 Å². The number of halogens is 1. The van der Waals surface area contributed by atoms with E-state index in [1.165, 1.54) is 6.07 Å². The molecule has 0 heterocycles. The summed E-state index contributed by atoms with van der Waals surface area (Å²) in [7, 11) is 0. The molecule has 0 bridgehead atoms. The summed E-state index contributed by atoms with van der Waals surface area (Å²) >= 11 is 0. The molecule has 1 saturated carbocycles. The van der Waals surface area contributed by atoms with Crippen molar-refractivity contribution in [3.05, 3.63) is 35.6 Å². The van der Waals surface area contributed by atoms with Crippen LogP contribution in [0.15, 0.2) is 24.3 Å². The molecule has 1 N–H and O–H groups in total. The highest BCUT2D eigenvalue weighted by atomic mass is 19.1. The van der Waals surface area contributed by atoms with Gasteiger partial charge in [0.2, 0.25) is 0 Å². The molecule has 1 aliphatic rings. The van der Waals surface area contributed by atoms with Crippen LogP contribution in [0.4, 0.5) is 4.39 Å². The predicted molar refractivity (Wildman–Crippen MR) is 85.4 cm³/mol. The minimum Gasteiger partial charge on any atom is -0.455 e. The number of esters is 1. The lowest BCUT2D eigenvalue weighted by atomic mass is 9.78. The van der Waals surface area contributed by atoms with E-state index in [0.29, 0.717) is 18.4 Å². The van der Waals surface area contributed by atoms with Crippen molar-refractivity contribution in [2.45, 2.75) is 57.4 Å². The fourth-order valence-corrected chi connectivity index (χ4v) is 3.10. The van der Waals surface area contributed by atoms with Gasteiger partial charge in [0, 0.05) is 11.6 Å². The second kappa shape index (κ2) is 7.57. The molecule has 1 atom stereocenters. The number of benzene rings is 1. The molecule has 0 aromatic heterocycles. The maximum absolute atomic E-state index is 14.2. The van der Waals surface area contributed by atoms with E-state index in [2.05, 4.69) is 5.32 Å². The average Bonchev–Trinajstić information content (AvgIpc) is 3.03. The van der Waals surface area contributed by atoms with Crippen molar-refractivity contribution in [3.8, 4) is 0 Å². The molecule has 1 amide bonds. The van der Waals surface area contributed by atoms with E-state index >= 15 is 0 Å². The van der Waals surface area contributed by atoms with Gasteiger partial charge in [0.25, 0.3) is 5.91 Å². The molecule has 5 heteroatoms. The Kier molecular flexibility index (Phi) is 5.74. The van der Waals surface area contributed by atoms with Crippen molar-refractivity contribution < 1.29 is 18.7 Å². The zero-order valence-corrected chi connectivity index (χ0v) is 13.7. The van der Waals surface area contributed by atoms with Gasteiger partial charge in [-0.15, -0.1) is 0 Å². The number of nitrogens with one attached hydrogen (secondary N) is 1. The van der Waals surface area contributed by atoms with Crippen LogP contribution in [0.5, 0.6) is 0 Å². The van der Waals surface area contributed by atoms with Gasteiger partial charge in [0.05, 0.1) is 5.41 Å². The Morgan fingerprint density at radius 1 is 1.30 bits per heavy atom. The first kappa shape index (κ1) is 17.4. The van der Waals surface area contributed by atoms with Crippen LogP contribution in [-0.2, 0) is 19.7 Å². The van der Waals surface area contributed by atoms with E-state index in [4.69, 9.17) is 4.74 Å². The minimum absolute atomic E-state index is 0.0354. The fourth-order valence-electron chi connectivity index (χ4n) is 3.10. The minimum atomic E-state index is -0.956. The molecule has 0 radical (unpaired) electrons. The average molecular weight is 321 g/mol. The molecule has 2 rings (SSSR count). The van der Waals surface area contributed by atoms with Gasteiger partial charge < -0.3 is 10.1 Å². The summed E-state index contributed by atoms with van der Waals surface area (Å²) in [5, 5.41) is 2.75. The number of carbonyl (C=O) groups excluding carboxylic acids is 2. The highest BCUT2D eigenvalue weighted by molar-refractivity contribution is 5.86. The van der Waals surface area contributed by atoms with Crippen molar-refractivity contribution >= 4 is 11.9 Å². The maximum atomic E-state index is 14.2. The molecule has 0 spiro atoms. The maximum Gasteiger partial charge on any atom is 0.317 e. The Bertz CT molecular complexity index is 567. The number of ether oxygens (including phenoxy) is 1. The van der Waals surface area contributed by atoms with Gasteiger partial charge in [-0.25, -0.2) is 4.39 Å². The first-order chi connectivity index (χ1) is 11.0. The van der Waals surface area contributed by atoms with Gasteiger partial charge in [-0.3, -0.25) is 9.59 Å². The molecule has 126 valence electrons. The van der Waals surface area contributed by atoms with Crippen LogP contribution in [0, 0.1) is 5.82 Å². The Morgan fingerprint density at radius 3 is 2.57 bits per heavy atom. The van der Waals surface area contributed by atoms with Crippen molar-refractivity contribution in [2.75, 3.05) is 6.61 Å². The first-order valence-corrected chi connectivity index (χ1v) is 8.21. The molecule has 1 aromatic carbocycles. The summed E-state index contributed by atoms with van der Waals surface area (Å²) in [5.41, 5.74) is -0.577. The zero-order valence-electron chi connectivity index (χ0n) is 13.7. The van der Waals surface area contributed by atoms with Gasteiger partial charge >= 0.3 is 5.97 Å². The number of hydrogen-bond donors (Lipinski definition) is 1. The lowest BCUT2D eigenvalue weighted by molar-refractivity contribution is -0.154. The fraction of sp³-hybridized carbons (Fsp3) is 0.556. The third-order valence-corrected chi connectivity index (χ3v) is 4.59. The molecule has 1 aliphatic carbocycles. The van der Waals surface area contributed by atoms with E-state index < -0.39 is 17.2 Å². The molecule has 1 fully saturated rings. The number of carbonyl (C=O) groups is 2. The zero-order chi connectivity index (χ0) is 16.9. The topological polar surface area (TPSA) is 55.4 Å². The summed E-state index contributed by atoms with van der Waals surface area (Å²) < 4.78 is 19.4. The van der Waals surface area contributed by atoms with Crippen LogP contribution < -0.4 is 5.32 Å². The molecule has 23 heavy (non-hydrogen) atoms. The lowest BCUT2D eigenvalue weighted by Gasteiger charge is -2.27. The first-order valence-electron chi connectivity index (χ1n) is 8.21. The third kappa shape index (κ3) is 3.89. The van der Waals surface area contributed by atoms with Crippen LogP contribution >= 0.6 is 0 Å². The van der Waals surface area contributed by atoms with Crippen molar-refractivity contribution in [3.63, 3.8) is 0 Å². The summed E-state index contributed by atoms with van der Waals surface area (Å²) in [6.07, 6.45) is 3.61. The monoisotopic (exact) mass is 321 g/mol. The normalized spacial score (nSPS) is 17.5. The van der Waals surface area contributed by atoms with Crippen LogP contribution in [0.2, 0.25) is 0 Å². The van der Waals surface area contributed by atoms with Crippen LogP contribution in [0.1, 0.15) is 51.5 Å². The lowest BCUT2D eigenvalue weighted by Crippen LogP contribution is -2.40. The van der Waals surface area contributed by atoms with Crippen LogP contribution in [-0.4, -0.2) is 24.5 Å². The molecule has 0 aliphatic heterocycles. The van der Waals surface area contributed by atoms with Gasteiger partial charge in [-0.1, -0.05) is 38.0 Å². The van der Waals surface area contributed by atoms with Crippen LogP contribution in [0.25, 0.3) is 0 Å². The highest BCUT2D eigenvalue weighted by Gasteiger charge is 2.45. The number of amides is 1. The highest BCUT2D eigenvalue weighted by Crippen LogP contribution is 2.43. The quantitative estimate of drug-likeness (QED) is 0.819. The molecule has 4 nitrogen and oxygen atoms in total. The Morgan fingerprint density at radius 2 is 1.96 bits per heavy atom. The van der Waals surface area contributed by atoms with Crippen molar-refractivity contribution in [1.82, 2.24) is 5.32 Å². The molecule has 1 aromatic rings. The second-order valence-corrected chi connectivity index (χ2v) is 6.22. The largest absolute Gasteiger partial charge is 0.455 e. The number of hydrogen-bond acceptors (Lipinski definition) is 3. The summed E-state index contributed by atoms with van der Waals surface area (Å²) in [6.45, 7) is 3.53. The second-order valence-electron chi connectivity index (χ2n) is 6.22. The summed E-state index contributed by atoms with van der Waals surface area (Å²) in [4.78, 5) is 24.4. The van der Waals surface area contributed by atoms with Crippen molar-refractivity contribution in [1.29, 1.82) is 0 Å². The summed E-state index contributed by atoms with van der Waals surface area (Å²) in [6, 6.07) is 6.36.